The summed E-state index contributed by atoms with van der Waals surface area (Å²) in [6, 6.07) is 3.31. The van der Waals surface area contributed by atoms with Crippen molar-refractivity contribution < 1.29 is 28.6 Å². The Morgan fingerprint density at radius 1 is 1.19 bits per heavy atom. The summed E-state index contributed by atoms with van der Waals surface area (Å²) in [6.45, 7) is 9.54. The van der Waals surface area contributed by atoms with E-state index in [9.17, 15) is 14.4 Å². The van der Waals surface area contributed by atoms with E-state index in [1.807, 2.05) is 27.7 Å². The molecule has 8 nitrogen and oxygen atoms in total. The van der Waals surface area contributed by atoms with Crippen LogP contribution >= 0.6 is 11.6 Å². The number of carbonyl (C=O) groups is 3. The maximum absolute atomic E-state index is 12.5. The van der Waals surface area contributed by atoms with Crippen molar-refractivity contribution in [2.75, 3.05) is 25.5 Å². The first-order valence-corrected chi connectivity index (χ1v) is 10.6. The summed E-state index contributed by atoms with van der Waals surface area (Å²) in [5, 5.41) is 3.23. The van der Waals surface area contributed by atoms with Crippen LogP contribution in [0.1, 0.15) is 46.1 Å². The molecule has 1 aromatic carbocycles. The van der Waals surface area contributed by atoms with Crippen molar-refractivity contribution in [3.8, 4) is 5.75 Å². The number of benzene rings is 1. The molecule has 0 spiro atoms. The molecule has 1 unspecified atom stereocenters. The van der Waals surface area contributed by atoms with E-state index in [0.29, 0.717) is 42.4 Å². The largest absolute Gasteiger partial charge is 0.495 e. The van der Waals surface area contributed by atoms with E-state index >= 15 is 0 Å². The first kappa shape index (κ1) is 24.8. The number of ether oxygens (including phenoxy) is 3. The summed E-state index contributed by atoms with van der Waals surface area (Å²) < 4.78 is 16.0. The maximum atomic E-state index is 12.5. The fourth-order valence-electron chi connectivity index (χ4n) is 3.11. The van der Waals surface area contributed by atoms with Crippen molar-refractivity contribution in [3.63, 3.8) is 0 Å². The van der Waals surface area contributed by atoms with Crippen molar-refractivity contribution in [3.05, 3.63) is 22.7 Å². The average Bonchev–Trinajstić information content (AvgIpc) is 2.69. The van der Waals surface area contributed by atoms with Gasteiger partial charge in [-0.05, 0) is 59.1 Å². The van der Waals surface area contributed by atoms with Gasteiger partial charge in [-0.2, -0.15) is 0 Å². The van der Waals surface area contributed by atoms with E-state index in [0.717, 1.165) is 5.56 Å². The van der Waals surface area contributed by atoms with E-state index in [-0.39, 0.29) is 12.0 Å². The quantitative estimate of drug-likeness (QED) is 0.671. The molecule has 31 heavy (non-hydrogen) atoms. The normalized spacial score (nSPS) is 15.8. The molecule has 1 atom stereocenters. The van der Waals surface area contributed by atoms with E-state index < -0.39 is 23.6 Å². The van der Waals surface area contributed by atoms with Crippen LogP contribution in [-0.4, -0.2) is 54.8 Å². The number of hydrogen-bond donors (Lipinski definition) is 1. The van der Waals surface area contributed by atoms with Crippen molar-refractivity contribution in [2.45, 2.75) is 59.2 Å². The number of nitrogens with zero attached hydrogens (tertiary/aromatic N) is 1. The Bertz CT molecular complexity index is 828. The Morgan fingerprint density at radius 2 is 1.81 bits per heavy atom. The Hall–Kier alpha value is -2.48. The van der Waals surface area contributed by atoms with Gasteiger partial charge in [-0.15, -0.1) is 0 Å². The van der Waals surface area contributed by atoms with Crippen LogP contribution in [0.25, 0.3) is 0 Å². The minimum Gasteiger partial charge on any atom is -0.495 e. The molecule has 1 aliphatic heterocycles. The number of halogens is 1. The minimum atomic E-state index is -0.989. The molecule has 1 aliphatic rings. The van der Waals surface area contributed by atoms with Gasteiger partial charge in [0.15, 0.2) is 6.10 Å². The predicted molar refractivity (Wildman–Crippen MR) is 117 cm³/mol. The van der Waals surface area contributed by atoms with Crippen LogP contribution in [0.2, 0.25) is 5.02 Å². The highest BCUT2D eigenvalue weighted by atomic mass is 35.5. The number of nitrogens with one attached hydrogen (secondary N) is 1. The van der Waals surface area contributed by atoms with Gasteiger partial charge < -0.3 is 24.4 Å². The Balaban J connectivity index is 1.88. The van der Waals surface area contributed by atoms with Gasteiger partial charge in [0.2, 0.25) is 0 Å². The van der Waals surface area contributed by atoms with Crippen LogP contribution in [0, 0.1) is 12.8 Å². The lowest BCUT2D eigenvalue weighted by Crippen LogP contribution is -2.43. The van der Waals surface area contributed by atoms with Crippen molar-refractivity contribution in [1.29, 1.82) is 0 Å². The molecule has 0 saturated carbocycles. The molecule has 0 aromatic heterocycles. The monoisotopic (exact) mass is 454 g/mol. The second-order valence-electron chi connectivity index (χ2n) is 8.61. The average molecular weight is 455 g/mol. The summed E-state index contributed by atoms with van der Waals surface area (Å²) in [5.74, 6) is -0.886. The summed E-state index contributed by atoms with van der Waals surface area (Å²) >= 11 is 6.09. The summed E-state index contributed by atoms with van der Waals surface area (Å²) in [4.78, 5) is 38.8. The molecule has 0 radical (unpaired) electrons. The third-order valence-electron chi connectivity index (χ3n) is 4.88. The lowest BCUT2D eigenvalue weighted by molar-refractivity contribution is -0.158. The molecule has 1 fully saturated rings. The summed E-state index contributed by atoms with van der Waals surface area (Å²) in [5.41, 5.74) is 0.656. The van der Waals surface area contributed by atoms with Gasteiger partial charge in [-0.25, -0.2) is 4.79 Å². The van der Waals surface area contributed by atoms with Gasteiger partial charge in [0.05, 0.1) is 18.7 Å². The predicted octanol–water partition coefficient (Wildman–Crippen LogP) is 4.17. The van der Waals surface area contributed by atoms with E-state index in [1.54, 1.807) is 17.0 Å². The third-order valence-corrected chi connectivity index (χ3v) is 5.29. The zero-order valence-corrected chi connectivity index (χ0v) is 19.7. The number of aryl methyl sites for hydroxylation is 1. The lowest BCUT2D eigenvalue weighted by Gasteiger charge is -2.32. The lowest BCUT2D eigenvalue weighted by atomic mass is 9.97. The van der Waals surface area contributed by atoms with Crippen molar-refractivity contribution in [2.24, 2.45) is 5.92 Å². The van der Waals surface area contributed by atoms with Gasteiger partial charge in [-0.1, -0.05) is 11.6 Å². The Kier molecular flexibility index (Phi) is 8.17. The first-order valence-electron chi connectivity index (χ1n) is 10.2. The molecule has 1 saturated heterocycles. The fourth-order valence-corrected chi connectivity index (χ4v) is 3.27. The molecule has 0 bridgehead atoms. The molecule has 1 aromatic rings. The van der Waals surface area contributed by atoms with Crippen molar-refractivity contribution >= 4 is 35.3 Å². The minimum absolute atomic E-state index is 0.374. The standard InChI is InChI=1S/C22H31ClN2O6/c1-13-11-17(18(29-6)12-16(13)23)24-19(26)14(2)30-20(27)15-7-9-25(10-8-15)21(28)31-22(3,4)5/h11-12,14-15H,7-10H2,1-6H3,(H,24,26). The molecule has 0 aliphatic carbocycles. The van der Waals surface area contributed by atoms with Gasteiger partial charge in [0, 0.05) is 24.2 Å². The molecule has 1 N–H and O–H groups in total. The number of methoxy groups -OCH3 is 1. The highest BCUT2D eigenvalue weighted by Crippen LogP contribution is 2.31. The SMILES string of the molecule is COc1cc(Cl)c(C)cc1NC(=O)C(C)OC(=O)C1CCN(C(=O)OC(C)(C)C)CC1. The molecule has 2 rings (SSSR count). The zero-order chi connectivity index (χ0) is 23.3. The number of anilines is 1. The summed E-state index contributed by atoms with van der Waals surface area (Å²) in [6.07, 6.45) is -0.468. The van der Waals surface area contributed by atoms with Crippen LogP contribution in [0.5, 0.6) is 5.75 Å². The second kappa shape index (κ2) is 10.2. The van der Waals surface area contributed by atoms with E-state index in [4.69, 9.17) is 25.8 Å². The first-order chi connectivity index (χ1) is 14.4. The van der Waals surface area contributed by atoms with E-state index in [1.165, 1.54) is 14.0 Å². The topological polar surface area (TPSA) is 94.2 Å². The Labute approximate surface area is 188 Å². The van der Waals surface area contributed by atoms with Crippen LogP contribution in [-0.2, 0) is 19.1 Å². The fraction of sp³-hybridized carbons (Fsp3) is 0.591. The molecule has 2 amide bonds. The van der Waals surface area contributed by atoms with Crippen LogP contribution in [0.15, 0.2) is 12.1 Å². The van der Waals surface area contributed by atoms with Crippen LogP contribution in [0.3, 0.4) is 0 Å². The second-order valence-corrected chi connectivity index (χ2v) is 9.02. The summed E-state index contributed by atoms with van der Waals surface area (Å²) in [7, 11) is 1.48. The highest BCUT2D eigenvalue weighted by Gasteiger charge is 2.32. The number of amides is 2. The maximum Gasteiger partial charge on any atom is 0.410 e. The zero-order valence-electron chi connectivity index (χ0n) is 18.9. The Morgan fingerprint density at radius 3 is 2.35 bits per heavy atom. The van der Waals surface area contributed by atoms with Crippen molar-refractivity contribution in [1.82, 2.24) is 4.90 Å². The molecular weight excluding hydrogens is 424 g/mol. The number of piperidine rings is 1. The highest BCUT2D eigenvalue weighted by molar-refractivity contribution is 6.31. The number of likely N-dealkylation sites (tertiary alicyclic amines) is 1. The van der Waals surface area contributed by atoms with Crippen LogP contribution in [0.4, 0.5) is 10.5 Å². The molecular formula is C22H31ClN2O6. The van der Waals surface area contributed by atoms with Gasteiger partial charge in [0.1, 0.15) is 11.4 Å². The number of esters is 1. The van der Waals surface area contributed by atoms with Gasteiger partial charge in [-0.3, -0.25) is 9.59 Å². The van der Waals surface area contributed by atoms with E-state index in [2.05, 4.69) is 5.32 Å². The van der Waals surface area contributed by atoms with Gasteiger partial charge >= 0.3 is 12.1 Å². The molecule has 172 valence electrons. The van der Waals surface area contributed by atoms with Crippen LogP contribution < -0.4 is 10.1 Å². The smallest absolute Gasteiger partial charge is 0.410 e. The third kappa shape index (κ3) is 7.02. The number of carbonyl (C=O) groups excluding carboxylic acids is 3. The molecule has 9 heteroatoms. The number of hydrogen-bond acceptors (Lipinski definition) is 6. The molecule has 1 heterocycles. The number of rotatable bonds is 5. The van der Waals surface area contributed by atoms with Gasteiger partial charge in [0.25, 0.3) is 5.91 Å².